The minimum atomic E-state index is -0.956. The summed E-state index contributed by atoms with van der Waals surface area (Å²) in [5.74, 6) is 0.534. The highest BCUT2D eigenvalue weighted by atomic mass is 16.5. The van der Waals surface area contributed by atoms with Crippen molar-refractivity contribution in [1.82, 2.24) is 0 Å². The first kappa shape index (κ1) is 13.6. The van der Waals surface area contributed by atoms with Crippen LogP contribution in [0.2, 0.25) is 0 Å². The molecule has 0 spiro atoms. The summed E-state index contributed by atoms with van der Waals surface area (Å²) in [4.78, 5) is 10.5. The summed E-state index contributed by atoms with van der Waals surface area (Å²) in [6, 6.07) is 5.55. The molecule has 1 aromatic carbocycles. The molecule has 1 N–H and O–H groups in total. The third kappa shape index (κ3) is 4.41. The van der Waals surface area contributed by atoms with E-state index in [0.29, 0.717) is 6.61 Å². The lowest BCUT2D eigenvalue weighted by atomic mass is 10.1. The zero-order chi connectivity index (χ0) is 13.7. The van der Waals surface area contributed by atoms with Gasteiger partial charge in [-0.15, -0.1) is 0 Å². The third-order valence-electron chi connectivity index (χ3n) is 3.03. The normalized spacial score (nSPS) is 14.8. The summed E-state index contributed by atoms with van der Waals surface area (Å²) < 4.78 is 10.9. The molecule has 0 unspecified atom stereocenters. The average Bonchev–Trinajstić information content (AvgIpc) is 3.20. The second-order valence-electron chi connectivity index (χ2n) is 4.70. The predicted molar refractivity (Wildman–Crippen MR) is 72.0 cm³/mol. The number of benzene rings is 1. The number of ether oxygens (including phenoxy) is 2. The zero-order valence-corrected chi connectivity index (χ0v) is 11.0. The van der Waals surface area contributed by atoms with Gasteiger partial charge < -0.3 is 14.6 Å². The van der Waals surface area contributed by atoms with Crippen LogP contribution < -0.4 is 4.74 Å². The van der Waals surface area contributed by atoms with E-state index >= 15 is 0 Å². The molecule has 1 aromatic rings. The van der Waals surface area contributed by atoms with Crippen molar-refractivity contribution in [2.45, 2.75) is 19.4 Å². The number of methoxy groups -OCH3 is 1. The van der Waals surface area contributed by atoms with Gasteiger partial charge in [-0.1, -0.05) is 6.07 Å². The maximum absolute atomic E-state index is 10.5. The minimum Gasteiger partial charge on any atom is -0.496 e. The highest BCUT2D eigenvalue weighted by Crippen LogP contribution is 2.29. The fourth-order valence-corrected chi connectivity index (χ4v) is 1.80. The van der Waals surface area contributed by atoms with Crippen LogP contribution in [0.3, 0.4) is 0 Å². The SMILES string of the molecule is COc1ccc(C=CC(=O)O)cc1COCC1CC1. The summed E-state index contributed by atoms with van der Waals surface area (Å²) in [7, 11) is 1.62. The minimum absolute atomic E-state index is 0.494. The van der Waals surface area contributed by atoms with Crippen molar-refractivity contribution in [3.8, 4) is 5.75 Å². The molecule has 0 atom stereocenters. The lowest BCUT2D eigenvalue weighted by Gasteiger charge is -2.10. The van der Waals surface area contributed by atoms with Crippen molar-refractivity contribution in [2.24, 2.45) is 5.92 Å². The Morgan fingerprint density at radius 2 is 2.26 bits per heavy atom. The molecule has 4 nitrogen and oxygen atoms in total. The number of hydrogen-bond donors (Lipinski definition) is 1. The Balaban J connectivity index is 2.03. The van der Waals surface area contributed by atoms with Crippen LogP contribution in [0, 0.1) is 5.92 Å². The van der Waals surface area contributed by atoms with Crippen LogP contribution in [0.25, 0.3) is 6.08 Å². The number of hydrogen-bond acceptors (Lipinski definition) is 3. The molecule has 0 bridgehead atoms. The van der Waals surface area contributed by atoms with Gasteiger partial charge in [-0.2, -0.15) is 0 Å². The molecular formula is C15H18O4. The maximum atomic E-state index is 10.5. The first-order valence-corrected chi connectivity index (χ1v) is 6.34. The summed E-state index contributed by atoms with van der Waals surface area (Å²) in [5, 5.41) is 8.62. The molecule has 1 saturated carbocycles. The molecule has 1 aliphatic rings. The van der Waals surface area contributed by atoms with Crippen molar-refractivity contribution >= 4 is 12.0 Å². The van der Waals surface area contributed by atoms with E-state index in [1.165, 1.54) is 12.8 Å². The molecule has 19 heavy (non-hydrogen) atoms. The van der Waals surface area contributed by atoms with Crippen molar-refractivity contribution < 1.29 is 19.4 Å². The fourth-order valence-electron chi connectivity index (χ4n) is 1.80. The van der Waals surface area contributed by atoms with Gasteiger partial charge in [0.15, 0.2) is 0 Å². The van der Waals surface area contributed by atoms with Crippen LogP contribution in [0.4, 0.5) is 0 Å². The molecule has 0 saturated heterocycles. The molecule has 1 aliphatic carbocycles. The molecular weight excluding hydrogens is 244 g/mol. The Morgan fingerprint density at radius 1 is 1.47 bits per heavy atom. The Kier molecular flexibility index (Phi) is 4.58. The third-order valence-corrected chi connectivity index (χ3v) is 3.03. The maximum Gasteiger partial charge on any atom is 0.328 e. The van der Waals surface area contributed by atoms with Crippen LogP contribution in [-0.2, 0) is 16.1 Å². The molecule has 2 rings (SSSR count). The monoisotopic (exact) mass is 262 g/mol. The predicted octanol–water partition coefficient (Wildman–Crippen LogP) is 2.72. The van der Waals surface area contributed by atoms with Gasteiger partial charge >= 0.3 is 5.97 Å². The first-order valence-electron chi connectivity index (χ1n) is 6.34. The van der Waals surface area contributed by atoms with Crippen molar-refractivity contribution in [2.75, 3.05) is 13.7 Å². The van der Waals surface area contributed by atoms with E-state index in [-0.39, 0.29) is 0 Å². The van der Waals surface area contributed by atoms with E-state index in [9.17, 15) is 4.79 Å². The molecule has 0 radical (unpaired) electrons. The van der Waals surface area contributed by atoms with Crippen LogP contribution in [-0.4, -0.2) is 24.8 Å². The van der Waals surface area contributed by atoms with Gasteiger partial charge in [0.2, 0.25) is 0 Å². The van der Waals surface area contributed by atoms with E-state index in [1.807, 2.05) is 18.2 Å². The zero-order valence-electron chi connectivity index (χ0n) is 11.0. The van der Waals surface area contributed by atoms with Crippen LogP contribution in [0.15, 0.2) is 24.3 Å². The summed E-state index contributed by atoms with van der Waals surface area (Å²) >= 11 is 0. The molecule has 0 heterocycles. The van der Waals surface area contributed by atoms with Crippen molar-refractivity contribution in [1.29, 1.82) is 0 Å². The first-order chi connectivity index (χ1) is 9.19. The summed E-state index contributed by atoms with van der Waals surface area (Å²) in [6.45, 7) is 1.28. The molecule has 0 aromatic heterocycles. The largest absolute Gasteiger partial charge is 0.496 e. The second kappa shape index (κ2) is 6.38. The molecule has 1 fully saturated rings. The quantitative estimate of drug-likeness (QED) is 0.768. The smallest absolute Gasteiger partial charge is 0.328 e. The van der Waals surface area contributed by atoms with Gasteiger partial charge in [0, 0.05) is 18.2 Å². The Hall–Kier alpha value is -1.81. The lowest BCUT2D eigenvalue weighted by molar-refractivity contribution is -0.131. The number of aliphatic carboxylic acids is 1. The molecule has 0 amide bonds. The van der Waals surface area contributed by atoms with E-state index in [1.54, 1.807) is 13.2 Å². The topological polar surface area (TPSA) is 55.8 Å². The highest BCUT2D eigenvalue weighted by molar-refractivity contribution is 5.85. The van der Waals surface area contributed by atoms with Crippen molar-refractivity contribution in [3.05, 3.63) is 35.4 Å². The van der Waals surface area contributed by atoms with Gasteiger partial charge in [0.05, 0.1) is 13.7 Å². The standard InChI is InChI=1S/C15H18O4/c1-18-14-6-4-11(5-7-15(16)17)8-13(14)10-19-9-12-2-3-12/h4-8,12H,2-3,9-10H2,1H3,(H,16,17). The second-order valence-corrected chi connectivity index (χ2v) is 4.70. The number of rotatable bonds is 7. The Labute approximate surface area is 112 Å². The van der Waals surface area contributed by atoms with Gasteiger partial charge in [0.1, 0.15) is 5.75 Å². The van der Waals surface area contributed by atoms with E-state index < -0.39 is 5.97 Å². The molecule has 102 valence electrons. The fraction of sp³-hybridized carbons (Fsp3) is 0.400. The van der Waals surface area contributed by atoms with Gasteiger partial charge in [0.25, 0.3) is 0 Å². The summed E-state index contributed by atoms with van der Waals surface area (Å²) in [5.41, 5.74) is 1.77. The highest BCUT2D eigenvalue weighted by Gasteiger charge is 2.21. The average molecular weight is 262 g/mol. The van der Waals surface area contributed by atoms with E-state index in [2.05, 4.69) is 0 Å². The van der Waals surface area contributed by atoms with E-state index in [0.717, 1.165) is 35.5 Å². The van der Waals surface area contributed by atoms with Crippen LogP contribution >= 0.6 is 0 Å². The number of carboxylic acids is 1. The van der Waals surface area contributed by atoms with Gasteiger partial charge in [-0.05, 0) is 42.5 Å². The van der Waals surface area contributed by atoms with E-state index in [4.69, 9.17) is 14.6 Å². The van der Waals surface area contributed by atoms with Gasteiger partial charge in [-0.25, -0.2) is 4.79 Å². The summed E-state index contributed by atoms with van der Waals surface area (Å²) in [6.07, 6.45) is 5.21. The van der Waals surface area contributed by atoms with Crippen molar-refractivity contribution in [3.63, 3.8) is 0 Å². The molecule has 4 heteroatoms. The lowest BCUT2D eigenvalue weighted by Crippen LogP contribution is -2.00. The van der Waals surface area contributed by atoms with Crippen LogP contribution in [0.5, 0.6) is 5.75 Å². The Morgan fingerprint density at radius 3 is 2.89 bits per heavy atom. The van der Waals surface area contributed by atoms with Gasteiger partial charge in [-0.3, -0.25) is 0 Å². The number of carboxylic acid groups (broad SMARTS) is 1. The van der Waals surface area contributed by atoms with Crippen LogP contribution in [0.1, 0.15) is 24.0 Å². The molecule has 0 aliphatic heterocycles. The number of carbonyl (C=O) groups is 1. The Bertz CT molecular complexity index is 475.